The first-order valence-electron chi connectivity index (χ1n) is 7.01. The zero-order chi connectivity index (χ0) is 14.6. The number of anilines is 1. The topological polar surface area (TPSA) is 70.1 Å². The Hall–Kier alpha value is -1.52. The van der Waals surface area contributed by atoms with E-state index in [0.717, 1.165) is 18.7 Å². The van der Waals surface area contributed by atoms with Crippen molar-refractivity contribution in [1.82, 2.24) is 9.55 Å². The molecule has 0 spiro atoms. The quantitative estimate of drug-likeness (QED) is 0.805. The molecule has 0 aliphatic heterocycles. The second-order valence-electron chi connectivity index (χ2n) is 4.83. The van der Waals surface area contributed by atoms with E-state index in [1.807, 2.05) is 11.5 Å². The maximum absolute atomic E-state index is 11.8. The fourth-order valence-corrected chi connectivity index (χ4v) is 2.14. The van der Waals surface area contributed by atoms with Gasteiger partial charge in [-0.05, 0) is 19.8 Å². The third-order valence-corrected chi connectivity index (χ3v) is 3.68. The second kappa shape index (κ2) is 6.59. The first-order valence-corrected chi connectivity index (χ1v) is 7.01. The van der Waals surface area contributed by atoms with Crippen LogP contribution in [0, 0.1) is 5.92 Å². The number of aryl methyl sites for hydroxylation is 1. The molecule has 2 unspecified atom stereocenters. The van der Waals surface area contributed by atoms with Gasteiger partial charge in [-0.2, -0.15) is 0 Å². The number of hydrogen-bond acceptors (Lipinski definition) is 4. The van der Waals surface area contributed by atoms with Gasteiger partial charge < -0.3 is 15.0 Å². The van der Waals surface area contributed by atoms with Crippen molar-refractivity contribution in [2.24, 2.45) is 5.92 Å². The lowest BCUT2D eigenvalue weighted by Gasteiger charge is -2.23. The number of imidazole rings is 1. The van der Waals surface area contributed by atoms with Crippen LogP contribution in [0.15, 0.2) is 0 Å². The Bertz CT molecular complexity index is 440. The number of nitrogens with two attached hydrogens (primary N) is 1. The summed E-state index contributed by atoms with van der Waals surface area (Å²) in [4.78, 5) is 16.2. The van der Waals surface area contributed by atoms with Gasteiger partial charge in [0.15, 0.2) is 5.69 Å². The highest BCUT2D eigenvalue weighted by Crippen LogP contribution is 2.28. The molecule has 108 valence electrons. The Balaban J connectivity index is 3.20. The van der Waals surface area contributed by atoms with E-state index in [0.29, 0.717) is 18.3 Å². The minimum atomic E-state index is -0.440. The van der Waals surface area contributed by atoms with Gasteiger partial charge in [0, 0.05) is 12.5 Å². The second-order valence-corrected chi connectivity index (χ2v) is 4.83. The predicted molar refractivity (Wildman–Crippen MR) is 76.1 cm³/mol. The molecule has 0 saturated heterocycles. The molecule has 0 aliphatic rings. The van der Waals surface area contributed by atoms with E-state index in [9.17, 15) is 4.79 Å². The Morgan fingerprint density at radius 2 is 2.00 bits per heavy atom. The van der Waals surface area contributed by atoms with Gasteiger partial charge in [0.25, 0.3) is 0 Å². The molecular weight excluding hydrogens is 242 g/mol. The smallest absolute Gasteiger partial charge is 0.360 e. The van der Waals surface area contributed by atoms with Gasteiger partial charge in [-0.1, -0.05) is 27.2 Å². The summed E-state index contributed by atoms with van der Waals surface area (Å²) < 4.78 is 6.97. The van der Waals surface area contributed by atoms with Gasteiger partial charge in [0.2, 0.25) is 0 Å². The van der Waals surface area contributed by atoms with Crippen molar-refractivity contribution in [3.8, 4) is 0 Å². The van der Waals surface area contributed by atoms with Crippen molar-refractivity contribution in [2.45, 2.75) is 53.5 Å². The standard InChI is InChI=1S/C14H25N3O2/c1-6-9(4)10(5)17-11(7-2)16-12(13(17)15)14(18)19-8-3/h9-10H,6-8,15H2,1-5H3. The van der Waals surface area contributed by atoms with Crippen LogP contribution in [0.5, 0.6) is 0 Å². The van der Waals surface area contributed by atoms with Gasteiger partial charge in [-0.25, -0.2) is 9.78 Å². The lowest BCUT2D eigenvalue weighted by atomic mass is 10.0. The molecule has 5 nitrogen and oxygen atoms in total. The summed E-state index contributed by atoms with van der Waals surface area (Å²) in [5, 5.41) is 0. The molecule has 0 aliphatic carbocycles. The first-order chi connectivity index (χ1) is 8.97. The number of nitrogens with zero attached hydrogens (tertiary/aromatic N) is 2. The van der Waals surface area contributed by atoms with Crippen molar-refractivity contribution in [1.29, 1.82) is 0 Å². The number of esters is 1. The van der Waals surface area contributed by atoms with E-state index >= 15 is 0 Å². The van der Waals surface area contributed by atoms with Crippen LogP contribution in [0.4, 0.5) is 5.82 Å². The highest BCUT2D eigenvalue weighted by molar-refractivity contribution is 5.92. The van der Waals surface area contributed by atoms with Gasteiger partial charge >= 0.3 is 5.97 Å². The van der Waals surface area contributed by atoms with Crippen LogP contribution in [0.3, 0.4) is 0 Å². The summed E-state index contributed by atoms with van der Waals surface area (Å²) in [6, 6.07) is 0.218. The minimum Gasteiger partial charge on any atom is -0.461 e. The fourth-order valence-electron chi connectivity index (χ4n) is 2.14. The highest BCUT2D eigenvalue weighted by atomic mass is 16.5. The van der Waals surface area contributed by atoms with E-state index in [2.05, 4.69) is 25.8 Å². The predicted octanol–water partition coefficient (Wildman–Crippen LogP) is 2.81. The lowest BCUT2D eigenvalue weighted by Crippen LogP contribution is -2.18. The van der Waals surface area contributed by atoms with E-state index < -0.39 is 5.97 Å². The normalized spacial score (nSPS) is 14.2. The number of carbonyl (C=O) groups excluding carboxylic acids is 1. The summed E-state index contributed by atoms with van der Waals surface area (Å²) in [6.07, 6.45) is 1.79. The van der Waals surface area contributed by atoms with Crippen LogP contribution in [-0.2, 0) is 11.2 Å². The molecule has 0 radical (unpaired) electrons. The van der Waals surface area contributed by atoms with Crippen LogP contribution >= 0.6 is 0 Å². The van der Waals surface area contributed by atoms with Crippen LogP contribution < -0.4 is 5.73 Å². The monoisotopic (exact) mass is 267 g/mol. The summed E-state index contributed by atoms with van der Waals surface area (Å²) >= 11 is 0. The third kappa shape index (κ3) is 3.08. The fraction of sp³-hybridized carbons (Fsp3) is 0.714. The van der Waals surface area contributed by atoms with E-state index in [-0.39, 0.29) is 11.7 Å². The van der Waals surface area contributed by atoms with Gasteiger partial charge in [-0.3, -0.25) is 0 Å². The van der Waals surface area contributed by atoms with Crippen molar-refractivity contribution in [2.75, 3.05) is 12.3 Å². The van der Waals surface area contributed by atoms with E-state index in [4.69, 9.17) is 10.5 Å². The summed E-state index contributed by atoms with van der Waals surface area (Å²) in [5.41, 5.74) is 6.35. The van der Waals surface area contributed by atoms with Gasteiger partial charge in [-0.15, -0.1) is 0 Å². The maximum Gasteiger partial charge on any atom is 0.360 e. The number of aromatic nitrogens is 2. The number of hydrogen-bond donors (Lipinski definition) is 1. The molecule has 1 heterocycles. The lowest BCUT2D eigenvalue weighted by molar-refractivity contribution is 0.0521. The van der Waals surface area contributed by atoms with Crippen molar-refractivity contribution in [3.05, 3.63) is 11.5 Å². The molecule has 1 rings (SSSR count). The summed E-state index contributed by atoms with van der Waals surface area (Å²) in [5.74, 6) is 1.29. The number of rotatable bonds is 6. The highest BCUT2D eigenvalue weighted by Gasteiger charge is 2.25. The Morgan fingerprint density at radius 3 is 2.47 bits per heavy atom. The number of ether oxygens (including phenoxy) is 1. The van der Waals surface area contributed by atoms with Crippen molar-refractivity contribution < 1.29 is 9.53 Å². The molecule has 2 atom stereocenters. The molecule has 0 amide bonds. The van der Waals surface area contributed by atoms with E-state index in [1.165, 1.54) is 0 Å². The zero-order valence-corrected chi connectivity index (χ0v) is 12.6. The molecule has 0 bridgehead atoms. The summed E-state index contributed by atoms with van der Waals surface area (Å²) in [6.45, 7) is 10.5. The summed E-state index contributed by atoms with van der Waals surface area (Å²) in [7, 11) is 0. The third-order valence-electron chi connectivity index (χ3n) is 3.68. The molecule has 5 heteroatoms. The number of carbonyl (C=O) groups is 1. The largest absolute Gasteiger partial charge is 0.461 e. The molecule has 1 aromatic heterocycles. The van der Waals surface area contributed by atoms with E-state index in [1.54, 1.807) is 6.92 Å². The molecule has 19 heavy (non-hydrogen) atoms. The van der Waals surface area contributed by atoms with Crippen molar-refractivity contribution in [3.63, 3.8) is 0 Å². The van der Waals surface area contributed by atoms with Crippen LogP contribution in [-0.4, -0.2) is 22.1 Å². The van der Waals surface area contributed by atoms with Crippen molar-refractivity contribution >= 4 is 11.8 Å². The minimum absolute atomic E-state index is 0.218. The first kappa shape index (κ1) is 15.5. The SMILES string of the molecule is CCOC(=O)c1nc(CC)n(C(C)C(C)CC)c1N. The molecule has 1 aromatic rings. The zero-order valence-electron chi connectivity index (χ0n) is 12.6. The maximum atomic E-state index is 11.8. The van der Waals surface area contributed by atoms with Gasteiger partial charge in [0.05, 0.1) is 6.61 Å². The average molecular weight is 267 g/mol. The van der Waals surface area contributed by atoms with Crippen LogP contribution in [0.2, 0.25) is 0 Å². The average Bonchev–Trinajstić information content (AvgIpc) is 2.74. The molecule has 0 aromatic carbocycles. The Morgan fingerprint density at radius 1 is 1.37 bits per heavy atom. The Labute approximate surface area is 115 Å². The van der Waals surface area contributed by atoms with Crippen LogP contribution in [0.1, 0.15) is 63.4 Å². The molecular formula is C14H25N3O2. The van der Waals surface area contributed by atoms with Gasteiger partial charge in [0.1, 0.15) is 11.6 Å². The van der Waals surface area contributed by atoms with Crippen LogP contribution in [0.25, 0.3) is 0 Å². The Kier molecular flexibility index (Phi) is 5.39. The number of nitrogen functional groups attached to an aromatic ring is 1. The molecule has 0 saturated carbocycles. The molecule has 0 fully saturated rings. The molecule has 2 N–H and O–H groups in total.